The van der Waals surface area contributed by atoms with E-state index in [1.165, 1.54) is 13.0 Å². The first-order chi connectivity index (χ1) is 8.88. The summed E-state index contributed by atoms with van der Waals surface area (Å²) in [5.41, 5.74) is 7.30. The van der Waals surface area contributed by atoms with Crippen molar-refractivity contribution >= 4 is 0 Å². The molecule has 104 valence electrons. The average molecular weight is 275 g/mol. The third-order valence-electron chi connectivity index (χ3n) is 2.26. The molecule has 0 aliphatic heterocycles. The fraction of sp³-hybridized carbons (Fsp3) is 0.455. The Morgan fingerprint density at radius 2 is 2.16 bits per heavy atom. The van der Waals surface area contributed by atoms with E-state index < -0.39 is 24.5 Å². The van der Waals surface area contributed by atoms with Gasteiger partial charge in [0.1, 0.15) is 11.9 Å². The number of halogens is 3. The van der Waals surface area contributed by atoms with Gasteiger partial charge in [0.05, 0.1) is 18.7 Å². The molecular weight excluding hydrogens is 263 g/mol. The lowest BCUT2D eigenvalue weighted by Crippen LogP contribution is -2.18. The molecule has 0 aromatic heterocycles. The third-order valence-corrected chi connectivity index (χ3v) is 2.26. The number of aliphatic hydroxyl groups excluding tert-OH is 1. The Morgan fingerprint density at radius 1 is 1.47 bits per heavy atom. The van der Waals surface area contributed by atoms with Crippen molar-refractivity contribution in [3.8, 4) is 5.75 Å². The van der Waals surface area contributed by atoms with Crippen LogP contribution in [0.25, 0.3) is 10.4 Å². The molecule has 0 amide bonds. The van der Waals surface area contributed by atoms with E-state index in [0.717, 1.165) is 12.1 Å². The Bertz CT molecular complexity index is 485. The van der Waals surface area contributed by atoms with E-state index in [4.69, 9.17) is 15.4 Å². The Kier molecular flexibility index (Phi) is 5.02. The van der Waals surface area contributed by atoms with Crippen molar-refractivity contribution in [1.82, 2.24) is 0 Å². The zero-order chi connectivity index (χ0) is 14.5. The highest BCUT2D eigenvalue weighted by atomic mass is 19.4. The number of alkyl halides is 3. The van der Waals surface area contributed by atoms with Crippen LogP contribution < -0.4 is 4.74 Å². The number of aliphatic hydroxyl groups is 1. The number of nitrogens with zero attached hydrogens (tertiary/aromatic N) is 3. The van der Waals surface area contributed by atoms with Gasteiger partial charge >= 0.3 is 6.18 Å². The summed E-state index contributed by atoms with van der Waals surface area (Å²) < 4.78 is 43.6. The van der Waals surface area contributed by atoms with Crippen LogP contribution in [0.4, 0.5) is 13.2 Å². The molecular formula is C11H12F3N3O2. The first-order valence-corrected chi connectivity index (χ1v) is 5.37. The van der Waals surface area contributed by atoms with Gasteiger partial charge in [-0.05, 0) is 30.2 Å². The van der Waals surface area contributed by atoms with Crippen LogP contribution in [0.5, 0.6) is 5.75 Å². The highest BCUT2D eigenvalue weighted by Gasteiger charge is 2.35. The first-order valence-electron chi connectivity index (χ1n) is 5.37. The van der Waals surface area contributed by atoms with Crippen molar-refractivity contribution in [2.75, 3.05) is 6.54 Å². The topological polar surface area (TPSA) is 78.2 Å². The fourth-order valence-electron chi connectivity index (χ4n) is 1.41. The summed E-state index contributed by atoms with van der Waals surface area (Å²) >= 11 is 0. The largest absolute Gasteiger partial charge is 0.490 e. The molecule has 1 unspecified atom stereocenters. The molecule has 0 bridgehead atoms. The van der Waals surface area contributed by atoms with Crippen LogP contribution in [0.15, 0.2) is 23.3 Å². The number of hydrogen-bond donors (Lipinski definition) is 1. The van der Waals surface area contributed by atoms with E-state index in [-0.39, 0.29) is 17.9 Å². The minimum atomic E-state index is -4.58. The summed E-state index contributed by atoms with van der Waals surface area (Å²) in [5.74, 6) is -0.356. The summed E-state index contributed by atoms with van der Waals surface area (Å²) in [7, 11) is 0. The smallest absolute Gasteiger partial charge is 0.419 e. The minimum absolute atomic E-state index is 0.0739. The second-order valence-electron chi connectivity index (χ2n) is 3.83. The first kappa shape index (κ1) is 15.1. The number of azide groups is 1. The fourth-order valence-corrected chi connectivity index (χ4v) is 1.41. The predicted molar refractivity (Wildman–Crippen MR) is 61.5 cm³/mol. The van der Waals surface area contributed by atoms with Gasteiger partial charge in [-0.25, -0.2) is 0 Å². The summed E-state index contributed by atoms with van der Waals surface area (Å²) in [5, 5.41) is 12.1. The predicted octanol–water partition coefficient (Wildman–Crippen LogP) is 3.28. The molecule has 1 N–H and O–H groups in total. The zero-order valence-electron chi connectivity index (χ0n) is 10.1. The molecule has 0 spiro atoms. The van der Waals surface area contributed by atoms with Gasteiger partial charge in [0, 0.05) is 4.91 Å². The molecule has 0 saturated heterocycles. The molecule has 0 heterocycles. The molecule has 1 rings (SSSR count). The SMILES string of the molecule is CC(CN=[N+]=[N-])Oc1ccc(CO)cc1C(F)(F)F. The summed E-state index contributed by atoms with van der Waals surface area (Å²) in [6.45, 7) is 0.933. The van der Waals surface area contributed by atoms with Gasteiger partial charge in [-0.2, -0.15) is 13.2 Å². The molecule has 1 aromatic rings. The maximum Gasteiger partial charge on any atom is 0.419 e. The third kappa shape index (κ3) is 4.35. The van der Waals surface area contributed by atoms with E-state index in [1.807, 2.05) is 0 Å². The van der Waals surface area contributed by atoms with Gasteiger partial charge in [-0.15, -0.1) is 0 Å². The molecule has 19 heavy (non-hydrogen) atoms. The Morgan fingerprint density at radius 3 is 2.68 bits per heavy atom. The van der Waals surface area contributed by atoms with Gasteiger partial charge in [-0.3, -0.25) is 0 Å². The summed E-state index contributed by atoms with van der Waals surface area (Å²) in [4.78, 5) is 2.51. The standard InChI is InChI=1S/C11H12F3N3O2/c1-7(5-16-17-15)19-10-3-2-8(6-18)4-9(10)11(12,13)14/h2-4,7,18H,5-6H2,1H3. The van der Waals surface area contributed by atoms with Crippen molar-refractivity contribution in [3.05, 3.63) is 39.8 Å². The summed E-state index contributed by atoms with van der Waals surface area (Å²) in [6.07, 6.45) is -5.27. The van der Waals surface area contributed by atoms with Crippen LogP contribution in [-0.4, -0.2) is 17.8 Å². The van der Waals surface area contributed by atoms with E-state index >= 15 is 0 Å². The monoisotopic (exact) mass is 275 g/mol. The number of ether oxygens (including phenoxy) is 1. The van der Waals surface area contributed by atoms with Gasteiger partial charge in [0.15, 0.2) is 0 Å². The van der Waals surface area contributed by atoms with Crippen LogP contribution in [0.3, 0.4) is 0 Å². The molecule has 8 heteroatoms. The lowest BCUT2D eigenvalue weighted by molar-refractivity contribution is -0.139. The highest BCUT2D eigenvalue weighted by molar-refractivity contribution is 5.39. The van der Waals surface area contributed by atoms with Crippen molar-refractivity contribution in [3.63, 3.8) is 0 Å². The van der Waals surface area contributed by atoms with Crippen LogP contribution in [0.2, 0.25) is 0 Å². The van der Waals surface area contributed by atoms with E-state index in [9.17, 15) is 13.2 Å². The van der Waals surface area contributed by atoms with Crippen LogP contribution in [0, 0.1) is 0 Å². The van der Waals surface area contributed by atoms with E-state index in [1.54, 1.807) is 0 Å². The molecule has 1 atom stereocenters. The van der Waals surface area contributed by atoms with Gasteiger partial charge < -0.3 is 9.84 Å². The molecule has 1 aromatic carbocycles. The molecule has 0 aliphatic rings. The number of hydrogen-bond acceptors (Lipinski definition) is 3. The number of rotatable bonds is 5. The van der Waals surface area contributed by atoms with Crippen molar-refractivity contribution in [1.29, 1.82) is 0 Å². The molecule has 0 radical (unpaired) electrons. The molecule has 0 saturated carbocycles. The highest BCUT2D eigenvalue weighted by Crippen LogP contribution is 2.37. The normalized spacial score (nSPS) is 12.7. The van der Waals surface area contributed by atoms with Crippen LogP contribution in [0.1, 0.15) is 18.1 Å². The summed E-state index contributed by atoms with van der Waals surface area (Å²) in [6, 6.07) is 3.31. The maximum absolute atomic E-state index is 12.8. The van der Waals surface area contributed by atoms with E-state index in [2.05, 4.69) is 10.0 Å². The minimum Gasteiger partial charge on any atom is -0.490 e. The van der Waals surface area contributed by atoms with E-state index in [0.29, 0.717) is 0 Å². The number of benzene rings is 1. The maximum atomic E-state index is 12.8. The Hall–Kier alpha value is -1.92. The second kappa shape index (κ2) is 6.31. The quantitative estimate of drug-likeness (QED) is 0.508. The van der Waals surface area contributed by atoms with Gasteiger partial charge in [0.2, 0.25) is 0 Å². The lowest BCUT2D eigenvalue weighted by atomic mass is 10.1. The zero-order valence-corrected chi connectivity index (χ0v) is 10.1. The lowest BCUT2D eigenvalue weighted by Gasteiger charge is -2.18. The molecule has 0 fully saturated rings. The Labute approximate surface area is 107 Å². The van der Waals surface area contributed by atoms with Crippen molar-refractivity contribution in [2.24, 2.45) is 5.11 Å². The van der Waals surface area contributed by atoms with Gasteiger partial charge in [-0.1, -0.05) is 11.2 Å². The Balaban J connectivity index is 3.02. The van der Waals surface area contributed by atoms with Crippen LogP contribution >= 0.6 is 0 Å². The van der Waals surface area contributed by atoms with Crippen LogP contribution in [-0.2, 0) is 12.8 Å². The average Bonchev–Trinajstić information content (AvgIpc) is 2.35. The van der Waals surface area contributed by atoms with Gasteiger partial charge in [0.25, 0.3) is 0 Å². The molecule has 5 nitrogen and oxygen atoms in total. The molecule has 0 aliphatic carbocycles. The van der Waals surface area contributed by atoms with Crippen molar-refractivity contribution in [2.45, 2.75) is 25.8 Å². The second-order valence-corrected chi connectivity index (χ2v) is 3.83. The van der Waals surface area contributed by atoms with Crippen molar-refractivity contribution < 1.29 is 23.0 Å².